The molecule has 1 aromatic rings. The van der Waals surface area contributed by atoms with Crippen LogP contribution in [0.1, 0.15) is 32.4 Å². The SMILES string of the molecule is CNC(C)c1ccc(NC(=O)N2CCOC(C)(C)C2)cc1. The Bertz CT molecular complexity index is 485. The number of nitrogens with one attached hydrogen (secondary N) is 2. The Hall–Kier alpha value is -1.59. The van der Waals surface area contributed by atoms with Crippen molar-refractivity contribution in [3.8, 4) is 0 Å². The monoisotopic (exact) mass is 291 g/mol. The molecule has 1 fully saturated rings. The van der Waals surface area contributed by atoms with Gasteiger partial charge in [0.05, 0.1) is 18.8 Å². The number of anilines is 1. The fraction of sp³-hybridized carbons (Fsp3) is 0.562. The molecule has 2 N–H and O–H groups in total. The third kappa shape index (κ3) is 4.19. The minimum atomic E-state index is -0.276. The van der Waals surface area contributed by atoms with Crippen molar-refractivity contribution in [2.24, 2.45) is 0 Å². The van der Waals surface area contributed by atoms with Crippen LogP contribution in [0.2, 0.25) is 0 Å². The lowest BCUT2D eigenvalue weighted by molar-refractivity contribution is -0.0720. The molecule has 1 unspecified atom stereocenters. The van der Waals surface area contributed by atoms with Crippen molar-refractivity contribution in [1.29, 1.82) is 0 Å². The van der Waals surface area contributed by atoms with Crippen molar-refractivity contribution in [3.05, 3.63) is 29.8 Å². The lowest BCUT2D eigenvalue weighted by Crippen LogP contribution is -2.51. The first-order valence-corrected chi connectivity index (χ1v) is 7.38. The van der Waals surface area contributed by atoms with E-state index in [1.54, 1.807) is 4.90 Å². The zero-order valence-electron chi connectivity index (χ0n) is 13.3. The first-order valence-electron chi connectivity index (χ1n) is 7.38. The molecular weight excluding hydrogens is 266 g/mol. The van der Waals surface area contributed by atoms with Gasteiger partial charge in [0, 0.05) is 18.3 Å². The molecule has 0 saturated carbocycles. The summed E-state index contributed by atoms with van der Waals surface area (Å²) in [6, 6.07) is 8.16. The van der Waals surface area contributed by atoms with E-state index < -0.39 is 0 Å². The summed E-state index contributed by atoms with van der Waals surface area (Å²) in [5.74, 6) is 0. The van der Waals surface area contributed by atoms with Crippen LogP contribution in [0.4, 0.5) is 10.5 Å². The molecule has 1 saturated heterocycles. The number of rotatable bonds is 3. The normalized spacial score (nSPS) is 19.1. The van der Waals surface area contributed by atoms with E-state index in [9.17, 15) is 4.79 Å². The highest BCUT2D eigenvalue weighted by atomic mass is 16.5. The van der Waals surface area contributed by atoms with Crippen LogP contribution in [-0.4, -0.2) is 43.3 Å². The van der Waals surface area contributed by atoms with Gasteiger partial charge in [0.2, 0.25) is 0 Å². The summed E-state index contributed by atoms with van der Waals surface area (Å²) in [7, 11) is 1.93. The molecule has 1 atom stereocenters. The Morgan fingerprint density at radius 3 is 2.57 bits per heavy atom. The van der Waals surface area contributed by atoms with Gasteiger partial charge in [-0.2, -0.15) is 0 Å². The Morgan fingerprint density at radius 2 is 2.00 bits per heavy atom. The maximum Gasteiger partial charge on any atom is 0.322 e. The van der Waals surface area contributed by atoms with Crippen molar-refractivity contribution >= 4 is 11.7 Å². The summed E-state index contributed by atoms with van der Waals surface area (Å²) in [5, 5.41) is 6.14. The fourth-order valence-corrected chi connectivity index (χ4v) is 2.41. The van der Waals surface area contributed by atoms with Crippen molar-refractivity contribution in [2.75, 3.05) is 32.1 Å². The van der Waals surface area contributed by atoms with Gasteiger partial charge in [-0.25, -0.2) is 4.79 Å². The maximum atomic E-state index is 12.3. The molecule has 2 rings (SSSR count). The Morgan fingerprint density at radius 1 is 1.33 bits per heavy atom. The molecule has 0 bridgehead atoms. The van der Waals surface area contributed by atoms with Gasteiger partial charge in [-0.05, 0) is 45.5 Å². The van der Waals surface area contributed by atoms with Gasteiger partial charge in [-0.15, -0.1) is 0 Å². The quantitative estimate of drug-likeness (QED) is 0.900. The van der Waals surface area contributed by atoms with Crippen LogP contribution in [0.15, 0.2) is 24.3 Å². The standard InChI is InChI=1S/C16H25N3O2/c1-12(17-4)13-5-7-14(8-6-13)18-15(20)19-9-10-21-16(2,3)11-19/h5-8,12,17H,9-11H2,1-4H3,(H,18,20). The van der Waals surface area contributed by atoms with Gasteiger partial charge in [0.25, 0.3) is 0 Å². The Balaban J connectivity index is 1.96. The van der Waals surface area contributed by atoms with Gasteiger partial charge >= 0.3 is 6.03 Å². The summed E-state index contributed by atoms with van der Waals surface area (Å²) in [6.45, 7) is 7.92. The Kier molecular flexibility index (Phi) is 4.85. The smallest absolute Gasteiger partial charge is 0.322 e. The van der Waals surface area contributed by atoms with Crippen LogP contribution in [0.3, 0.4) is 0 Å². The van der Waals surface area contributed by atoms with Gasteiger partial charge in [0.15, 0.2) is 0 Å². The fourth-order valence-electron chi connectivity index (χ4n) is 2.41. The highest BCUT2D eigenvalue weighted by molar-refractivity contribution is 5.89. The minimum Gasteiger partial charge on any atom is -0.372 e. The molecule has 1 aliphatic heterocycles. The van der Waals surface area contributed by atoms with E-state index in [2.05, 4.69) is 17.6 Å². The van der Waals surface area contributed by atoms with Crippen molar-refractivity contribution in [3.63, 3.8) is 0 Å². The number of carbonyl (C=O) groups is 1. The first-order chi connectivity index (χ1) is 9.91. The van der Waals surface area contributed by atoms with Crippen LogP contribution < -0.4 is 10.6 Å². The number of ether oxygens (including phenoxy) is 1. The summed E-state index contributed by atoms with van der Waals surface area (Å²) >= 11 is 0. The average molecular weight is 291 g/mol. The molecule has 0 aliphatic carbocycles. The van der Waals surface area contributed by atoms with E-state index in [4.69, 9.17) is 4.74 Å². The summed E-state index contributed by atoms with van der Waals surface area (Å²) < 4.78 is 5.62. The molecule has 1 aromatic carbocycles. The second-order valence-corrected chi connectivity index (χ2v) is 6.09. The molecule has 0 radical (unpaired) electrons. The second-order valence-electron chi connectivity index (χ2n) is 6.09. The highest BCUT2D eigenvalue weighted by Gasteiger charge is 2.29. The van der Waals surface area contributed by atoms with Crippen LogP contribution in [0, 0.1) is 0 Å². The highest BCUT2D eigenvalue weighted by Crippen LogP contribution is 2.19. The third-order valence-electron chi connectivity index (χ3n) is 3.81. The number of hydrogen-bond donors (Lipinski definition) is 2. The van der Waals surface area contributed by atoms with Gasteiger partial charge < -0.3 is 20.3 Å². The van der Waals surface area contributed by atoms with Crippen LogP contribution in [0.25, 0.3) is 0 Å². The molecule has 0 spiro atoms. The summed E-state index contributed by atoms with van der Waals surface area (Å²) in [4.78, 5) is 14.1. The molecule has 0 aromatic heterocycles. The number of amides is 2. The molecule has 2 amide bonds. The summed E-state index contributed by atoms with van der Waals surface area (Å²) in [5.41, 5.74) is 1.74. The van der Waals surface area contributed by atoms with Gasteiger partial charge in [-0.1, -0.05) is 12.1 Å². The Labute approximate surface area is 126 Å². The van der Waals surface area contributed by atoms with Crippen molar-refractivity contribution in [1.82, 2.24) is 10.2 Å². The van der Waals surface area contributed by atoms with E-state index in [0.717, 1.165) is 5.69 Å². The zero-order valence-corrected chi connectivity index (χ0v) is 13.3. The van der Waals surface area contributed by atoms with E-state index in [-0.39, 0.29) is 11.6 Å². The molecule has 116 valence electrons. The predicted molar refractivity (Wildman–Crippen MR) is 84.5 cm³/mol. The van der Waals surface area contributed by atoms with Gasteiger partial charge in [-0.3, -0.25) is 0 Å². The summed E-state index contributed by atoms with van der Waals surface area (Å²) in [6.07, 6.45) is 0. The van der Waals surface area contributed by atoms with Crippen molar-refractivity contribution < 1.29 is 9.53 Å². The van der Waals surface area contributed by atoms with Crippen LogP contribution in [-0.2, 0) is 4.74 Å². The maximum absolute atomic E-state index is 12.3. The third-order valence-corrected chi connectivity index (χ3v) is 3.81. The average Bonchev–Trinajstić information content (AvgIpc) is 2.46. The molecular formula is C16H25N3O2. The molecule has 1 heterocycles. The molecule has 1 aliphatic rings. The largest absolute Gasteiger partial charge is 0.372 e. The van der Waals surface area contributed by atoms with E-state index in [1.165, 1.54) is 5.56 Å². The zero-order chi connectivity index (χ0) is 15.5. The lowest BCUT2D eigenvalue weighted by Gasteiger charge is -2.38. The number of carbonyl (C=O) groups excluding carboxylic acids is 1. The molecule has 21 heavy (non-hydrogen) atoms. The molecule has 5 nitrogen and oxygen atoms in total. The van der Waals surface area contributed by atoms with Crippen LogP contribution in [0.5, 0.6) is 0 Å². The minimum absolute atomic E-state index is 0.0687. The van der Waals surface area contributed by atoms with E-state index >= 15 is 0 Å². The number of urea groups is 1. The number of hydrogen-bond acceptors (Lipinski definition) is 3. The molecule has 5 heteroatoms. The number of nitrogens with zero attached hydrogens (tertiary/aromatic N) is 1. The lowest BCUT2D eigenvalue weighted by atomic mass is 10.1. The van der Waals surface area contributed by atoms with Gasteiger partial charge in [0.1, 0.15) is 0 Å². The second kappa shape index (κ2) is 6.45. The number of benzene rings is 1. The van der Waals surface area contributed by atoms with Crippen molar-refractivity contribution in [2.45, 2.75) is 32.4 Å². The van der Waals surface area contributed by atoms with E-state index in [0.29, 0.717) is 25.7 Å². The van der Waals surface area contributed by atoms with Crippen LogP contribution >= 0.6 is 0 Å². The first kappa shape index (κ1) is 15.8. The topological polar surface area (TPSA) is 53.6 Å². The van der Waals surface area contributed by atoms with E-state index in [1.807, 2.05) is 45.2 Å². The predicted octanol–water partition coefficient (Wildman–Crippen LogP) is 2.61. The number of morpholine rings is 1.